The van der Waals surface area contributed by atoms with Crippen LogP contribution in [0, 0.1) is 12.7 Å². The highest BCUT2D eigenvalue weighted by Gasteiger charge is 2.14. The average molecular weight is 266 g/mol. The van der Waals surface area contributed by atoms with Gasteiger partial charge in [-0.25, -0.2) is 9.37 Å². The Morgan fingerprint density at radius 1 is 1.10 bits per heavy atom. The molecule has 4 heteroatoms. The lowest BCUT2D eigenvalue weighted by Crippen LogP contribution is -2.07. The van der Waals surface area contributed by atoms with Gasteiger partial charge in [-0.15, -0.1) is 0 Å². The summed E-state index contributed by atoms with van der Waals surface area (Å²) >= 11 is 0. The van der Waals surface area contributed by atoms with E-state index in [2.05, 4.69) is 9.97 Å². The van der Waals surface area contributed by atoms with Gasteiger partial charge in [-0.2, -0.15) is 0 Å². The summed E-state index contributed by atoms with van der Waals surface area (Å²) < 4.78 is 13.1. The largest absolute Gasteiger partial charge is 0.287 e. The number of halogens is 1. The van der Waals surface area contributed by atoms with E-state index in [1.54, 1.807) is 13.0 Å². The maximum Gasteiger partial charge on any atom is 0.213 e. The molecular weight excluding hydrogens is 255 g/mol. The molecule has 3 aromatic rings. The van der Waals surface area contributed by atoms with E-state index in [0.29, 0.717) is 16.6 Å². The SMILES string of the molecule is Cc1cc(F)ccc1C(=O)c1cnc2ccccc2n1. The fourth-order valence-corrected chi connectivity index (χ4v) is 2.09. The quantitative estimate of drug-likeness (QED) is 0.668. The van der Waals surface area contributed by atoms with Gasteiger partial charge in [-0.1, -0.05) is 12.1 Å². The molecule has 0 unspecified atom stereocenters. The molecule has 0 amide bonds. The lowest BCUT2D eigenvalue weighted by molar-refractivity contribution is 0.103. The highest BCUT2D eigenvalue weighted by Crippen LogP contribution is 2.16. The van der Waals surface area contributed by atoms with Gasteiger partial charge in [0.25, 0.3) is 0 Å². The van der Waals surface area contributed by atoms with Gasteiger partial charge in [0.15, 0.2) is 0 Å². The number of hydrogen-bond donors (Lipinski definition) is 0. The van der Waals surface area contributed by atoms with Crippen molar-refractivity contribution in [2.75, 3.05) is 0 Å². The fraction of sp³-hybridized carbons (Fsp3) is 0.0625. The first-order valence-corrected chi connectivity index (χ1v) is 6.18. The van der Waals surface area contributed by atoms with E-state index < -0.39 is 0 Å². The lowest BCUT2D eigenvalue weighted by atomic mass is 10.0. The zero-order valence-electron chi connectivity index (χ0n) is 10.8. The van der Waals surface area contributed by atoms with E-state index in [1.165, 1.54) is 24.4 Å². The maximum absolute atomic E-state index is 13.1. The molecule has 1 aromatic heterocycles. The van der Waals surface area contributed by atoms with E-state index in [1.807, 2.05) is 18.2 Å². The molecule has 0 N–H and O–H groups in total. The van der Waals surface area contributed by atoms with Crippen molar-refractivity contribution >= 4 is 16.8 Å². The standard InChI is InChI=1S/C16H11FN2O/c1-10-8-11(17)6-7-12(10)16(20)15-9-18-13-4-2-3-5-14(13)19-15/h2-9H,1H3. The van der Waals surface area contributed by atoms with Gasteiger partial charge in [-0.3, -0.25) is 9.78 Å². The van der Waals surface area contributed by atoms with Crippen LogP contribution in [0.5, 0.6) is 0 Å². The predicted octanol–water partition coefficient (Wildman–Crippen LogP) is 3.31. The Morgan fingerprint density at radius 2 is 1.85 bits per heavy atom. The van der Waals surface area contributed by atoms with Crippen molar-refractivity contribution in [3.05, 3.63) is 71.3 Å². The number of aryl methyl sites for hydroxylation is 1. The Bertz CT molecular complexity index is 814. The van der Waals surface area contributed by atoms with Crippen molar-refractivity contribution in [2.45, 2.75) is 6.92 Å². The van der Waals surface area contributed by atoms with Gasteiger partial charge in [0.1, 0.15) is 11.5 Å². The minimum Gasteiger partial charge on any atom is -0.287 e. The first-order chi connectivity index (χ1) is 9.65. The fourth-order valence-electron chi connectivity index (χ4n) is 2.09. The second kappa shape index (κ2) is 4.81. The van der Waals surface area contributed by atoms with Gasteiger partial charge in [-0.05, 0) is 42.8 Å². The van der Waals surface area contributed by atoms with Gasteiger partial charge >= 0.3 is 0 Å². The molecule has 98 valence electrons. The molecule has 0 aliphatic carbocycles. The number of carbonyl (C=O) groups excluding carboxylic acids is 1. The van der Waals surface area contributed by atoms with E-state index in [9.17, 15) is 9.18 Å². The second-order valence-electron chi connectivity index (χ2n) is 4.53. The summed E-state index contributed by atoms with van der Waals surface area (Å²) in [5.74, 6) is -0.607. The Morgan fingerprint density at radius 3 is 2.60 bits per heavy atom. The van der Waals surface area contributed by atoms with Crippen LogP contribution in [0.25, 0.3) is 11.0 Å². The zero-order chi connectivity index (χ0) is 14.1. The molecule has 0 atom stereocenters. The third-order valence-corrected chi connectivity index (χ3v) is 3.11. The minimum atomic E-state index is -0.358. The monoisotopic (exact) mass is 266 g/mol. The van der Waals surface area contributed by atoms with Gasteiger partial charge in [0.05, 0.1) is 17.2 Å². The van der Waals surface area contributed by atoms with Gasteiger partial charge < -0.3 is 0 Å². The molecule has 0 radical (unpaired) electrons. The van der Waals surface area contributed by atoms with Gasteiger partial charge in [0.2, 0.25) is 5.78 Å². The molecule has 3 rings (SSSR count). The molecule has 20 heavy (non-hydrogen) atoms. The van der Waals surface area contributed by atoms with E-state index in [0.717, 1.165) is 5.52 Å². The van der Waals surface area contributed by atoms with Crippen LogP contribution >= 0.6 is 0 Å². The number of para-hydroxylation sites is 2. The highest BCUT2D eigenvalue weighted by molar-refractivity contribution is 6.09. The summed E-state index contributed by atoms with van der Waals surface area (Å²) in [5.41, 5.74) is 2.69. The molecule has 0 aliphatic heterocycles. The molecule has 0 fully saturated rings. The molecule has 1 heterocycles. The number of ketones is 1. The number of nitrogens with zero attached hydrogens (tertiary/aromatic N) is 2. The van der Waals surface area contributed by atoms with Crippen molar-refractivity contribution < 1.29 is 9.18 Å². The minimum absolute atomic E-state index is 0.249. The summed E-state index contributed by atoms with van der Waals surface area (Å²) in [6, 6.07) is 11.4. The summed E-state index contributed by atoms with van der Waals surface area (Å²) in [6.07, 6.45) is 1.45. The van der Waals surface area contributed by atoms with Crippen molar-refractivity contribution in [1.29, 1.82) is 0 Å². The van der Waals surface area contributed by atoms with E-state index in [-0.39, 0.29) is 17.3 Å². The third-order valence-electron chi connectivity index (χ3n) is 3.11. The van der Waals surface area contributed by atoms with Crippen LogP contribution in [-0.2, 0) is 0 Å². The topological polar surface area (TPSA) is 42.9 Å². The first-order valence-electron chi connectivity index (χ1n) is 6.18. The molecule has 0 spiro atoms. The molecule has 0 bridgehead atoms. The van der Waals surface area contributed by atoms with Crippen molar-refractivity contribution in [1.82, 2.24) is 9.97 Å². The number of carbonyl (C=O) groups is 1. The molecule has 0 saturated heterocycles. The lowest BCUT2D eigenvalue weighted by Gasteiger charge is -2.05. The normalized spacial score (nSPS) is 10.7. The summed E-state index contributed by atoms with van der Waals surface area (Å²) in [5, 5.41) is 0. The molecule has 0 aliphatic rings. The summed E-state index contributed by atoms with van der Waals surface area (Å²) in [7, 11) is 0. The van der Waals surface area contributed by atoms with Crippen LogP contribution < -0.4 is 0 Å². The van der Waals surface area contributed by atoms with Crippen molar-refractivity contribution in [3.63, 3.8) is 0 Å². The van der Waals surface area contributed by atoms with E-state index >= 15 is 0 Å². The predicted molar refractivity (Wildman–Crippen MR) is 74.1 cm³/mol. The summed E-state index contributed by atoms with van der Waals surface area (Å²) in [4.78, 5) is 20.9. The maximum atomic E-state index is 13.1. The van der Waals surface area contributed by atoms with Crippen LogP contribution in [0.2, 0.25) is 0 Å². The molecule has 0 saturated carbocycles. The highest BCUT2D eigenvalue weighted by atomic mass is 19.1. The van der Waals surface area contributed by atoms with Crippen LogP contribution in [0.4, 0.5) is 4.39 Å². The van der Waals surface area contributed by atoms with Crippen LogP contribution in [-0.4, -0.2) is 15.8 Å². The van der Waals surface area contributed by atoms with Crippen molar-refractivity contribution in [3.8, 4) is 0 Å². The molecule has 2 aromatic carbocycles. The molecule has 3 nitrogen and oxygen atoms in total. The van der Waals surface area contributed by atoms with Crippen LogP contribution in [0.15, 0.2) is 48.7 Å². The number of aromatic nitrogens is 2. The number of fused-ring (bicyclic) bond motifs is 1. The third kappa shape index (κ3) is 2.16. The van der Waals surface area contributed by atoms with Crippen molar-refractivity contribution in [2.24, 2.45) is 0 Å². The second-order valence-corrected chi connectivity index (χ2v) is 4.53. The smallest absolute Gasteiger partial charge is 0.213 e. The van der Waals surface area contributed by atoms with Crippen LogP contribution in [0.3, 0.4) is 0 Å². The Balaban J connectivity index is 2.08. The number of rotatable bonds is 2. The number of benzene rings is 2. The zero-order valence-corrected chi connectivity index (χ0v) is 10.8. The first kappa shape index (κ1) is 12.4. The van der Waals surface area contributed by atoms with Gasteiger partial charge in [0, 0.05) is 5.56 Å². The average Bonchev–Trinajstić information content (AvgIpc) is 2.46. The Labute approximate surface area is 115 Å². The van der Waals surface area contributed by atoms with E-state index in [4.69, 9.17) is 0 Å². The Kier molecular flexibility index (Phi) is 2.99. The molecular formula is C16H11FN2O. The number of hydrogen-bond acceptors (Lipinski definition) is 3. The Hall–Kier alpha value is -2.62. The van der Waals surface area contributed by atoms with Crippen LogP contribution in [0.1, 0.15) is 21.6 Å². The summed E-state index contributed by atoms with van der Waals surface area (Å²) in [6.45, 7) is 1.70.